The van der Waals surface area contributed by atoms with Crippen molar-refractivity contribution in [1.29, 1.82) is 0 Å². The van der Waals surface area contributed by atoms with Crippen LogP contribution in [0.15, 0.2) is 36.5 Å². The van der Waals surface area contributed by atoms with Crippen molar-refractivity contribution in [1.82, 2.24) is 0 Å². The predicted molar refractivity (Wildman–Crippen MR) is 81.7 cm³/mol. The van der Waals surface area contributed by atoms with E-state index >= 15 is 0 Å². The highest BCUT2D eigenvalue weighted by Gasteiger charge is 1.82. The van der Waals surface area contributed by atoms with Gasteiger partial charge in [-0.15, -0.1) is 0 Å². The zero-order valence-electron chi connectivity index (χ0n) is 12.0. The third-order valence-corrected chi connectivity index (χ3v) is 2.80. The lowest BCUT2D eigenvalue weighted by atomic mass is 10.2. The minimum Gasteiger partial charge on any atom is -0.396 e. The molecule has 0 aromatic carbocycles. The summed E-state index contributed by atoms with van der Waals surface area (Å²) < 4.78 is 0. The molecule has 0 saturated carbocycles. The van der Waals surface area contributed by atoms with Crippen molar-refractivity contribution in [2.24, 2.45) is 0 Å². The minimum absolute atomic E-state index is 0.318. The van der Waals surface area contributed by atoms with E-state index in [0.29, 0.717) is 6.61 Å². The van der Waals surface area contributed by atoms with E-state index in [0.717, 1.165) is 32.1 Å². The average Bonchev–Trinajstić information content (AvgIpc) is 2.39. The smallest absolute Gasteiger partial charge is 0.0431 e. The molecule has 0 rings (SSSR count). The molecule has 0 aliphatic rings. The van der Waals surface area contributed by atoms with Gasteiger partial charge in [-0.2, -0.15) is 0 Å². The molecular formula is C17H30O. The highest BCUT2D eigenvalue weighted by atomic mass is 16.2. The summed E-state index contributed by atoms with van der Waals surface area (Å²) >= 11 is 0. The molecule has 0 aliphatic heterocycles. The molecule has 0 aromatic rings. The lowest BCUT2D eigenvalue weighted by Crippen LogP contribution is -1.79. The van der Waals surface area contributed by atoms with Crippen LogP contribution >= 0.6 is 0 Å². The van der Waals surface area contributed by atoms with E-state index in [4.69, 9.17) is 5.11 Å². The van der Waals surface area contributed by atoms with Gasteiger partial charge in [-0.3, -0.25) is 0 Å². The molecule has 18 heavy (non-hydrogen) atoms. The lowest BCUT2D eigenvalue weighted by Gasteiger charge is -1.91. The molecule has 0 atom stereocenters. The Kier molecular flexibility index (Phi) is 15.4. The second kappa shape index (κ2) is 16.2. The molecule has 0 saturated heterocycles. The van der Waals surface area contributed by atoms with Crippen LogP contribution in [0, 0.1) is 0 Å². The van der Waals surface area contributed by atoms with Crippen molar-refractivity contribution in [3.05, 3.63) is 36.5 Å². The second-order valence-electron chi connectivity index (χ2n) is 4.60. The lowest BCUT2D eigenvalue weighted by molar-refractivity contribution is 0.285. The Morgan fingerprint density at radius 2 is 1.17 bits per heavy atom. The van der Waals surface area contributed by atoms with Crippen molar-refractivity contribution in [2.45, 2.75) is 64.7 Å². The quantitative estimate of drug-likeness (QED) is 0.374. The zero-order valence-corrected chi connectivity index (χ0v) is 12.0. The Morgan fingerprint density at radius 1 is 0.667 bits per heavy atom. The van der Waals surface area contributed by atoms with E-state index < -0.39 is 0 Å². The third-order valence-electron chi connectivity index (χ3n) is 2.80. The van der Waals surface area contributed by atoms with Gasteiger partial charge in [0, 0.05) is 6.61 Å². The molecule has 1 N–H and O–H groups in total. The van der Waals surface area contributed by atoms with Crippen LogP contribution in [0.5, 0.6) is 0 Å². The molecular weight excluding hydrogens is 220 g/mol. The van der Waals surface area contributed by atoms with Crippen LogP contribution in [-0.4, -0.2) is 11.7 Å². The molecule has 0 radical (unpaired) electrons. The number of hydrogen-bond donors (Lipinski definition) is 1. The molecule has 0 bridgehead atoms. The van der Waals surface area contributed by atoms with E-state index in [2.05, 4.69) is 43.4 Å². The molecule has 0 unspecified atom stereocenters. The van der Waals surface area contributed by atoms with E-state index in [1.165, 1.54) is 25.7 Å². The standard InChI is InChI=1S/C17H30O/c1-2-3-4-5-6-7-8-9-10-11-12-13-14-15-16-17-18/h6-7,9-10,12-13,18H,2-5,8,11,14-17H2,1H3/b7-6+,10-9+,13-12+. The fourth-order valence-corrected chi connectivity index (χ4v) is 1.66. The van der Waals surface area contributed by atoms with Crippen LogP contribution in [0.2, 0.25) is 0 Å². The first-order valence-electron chi connectivity index (χ1n) is 7.47. The Labute approximate surface area is 113 Å². The Bertz CT molecular complexity index is 202. The van der Waals surface area contributed by atoms with Gasteiger partial charge in [0.2, 0.25) is 0 Å². The minimum atomic E-state index is 0.318. The predicted octanol–water partition coefficient (Wildman–Crippen LogP) is 5.18. The van der Waals surface area contributed by atoms with Crippen molar-refractivity contribution in [2.75, 3.05) is 6.61 Å². The van der Waals surface area contributed by atoms with Crippen LogP contribution < -0.4 is 0 Å². The van der Waals surface area contributed by atoms with Crippen LogP contribution in [0.25, 0.3) is 0 Å². The largest absolute Gasteiger partial charge is 0.396 e. The zero-order chi connectivity index (χ0) is 13.3. The normalized spacial score (nSPS) is 12.3. The molecule has 0 amide bonds. The Balaban J connectivity index is 3.27. The summed E-state index contributed by atoms with van der Waals surface area (Å²) in [6.45, 7) is 2.56. The van der Waals surface area contributed by atoms with Crippen molar-refractivity contribution >= 4 is 0 Å². The molecule has 1 nitrogen and oxygen atoms in total. The summed E-state index contributed by atoms with van der Waals surface area (Å²) in [5.74, 6) is 0. The summed E-state index contributed by atoms with van der Waals surface area (Å²) in [5.41, 5.74) is 0. The summed E-state index contributed by atoms with van der Waals surface area (Å²) in [6, 6.07) is 0. The van der Waals surface area contributed by atoms with Gasteiger partial charge in [-0.1, -0.05) is 56.2 Å². The molecule has 0 aliphatic carbocycles. The molecule has 104 valence electrons. The first kappa shape index (κ1) is 17.2. The van der Waals surface area contributed by atoms with Gasteiger partial charge < -0.3 is 5.11 Å². The van der Waals surface area contributed by atoms with Gasteiger partial charge in [0.15, 0.2) is 0 Å². The summed E-state index contributed by atoms with van der Waals surface area (Å²) in [4.78, 5) is 0. The summed E-state index contributed by atoms with van der Waals surface area (Å²) in [5, 5.41) is 8.62. The average molecular weight is 250 g/mol. The maximum absolute atomic E-state index is 8.62. The maximum Gasteiger partial charge on any atom is 0.0431 e. The maximum atomic E-state index is 8.62. The first-order valence-corrected chi connectivity index (χ1v) is 7.47. The van der Waals surface area contributed by atoms with Crippen LogP contribution in [-0.2, 0) is 0 Å². The van der Waals surface area contributed by atoms with Crippen molar-refractivity contribution in [3.8, 4) is 0 Å². The Hall–Kier alpha value is -0.820. The highest BCUT2D eigenvalue weighted by Crippen LogP contribution is 2.01. The van der Waals surface area contributed by atoms with E-state index in [9.17, 15) is 0 Å². The summed E-state index contributed by atoms with van der Waals surface area (Å²) in [7, 11) is 0. The molecule has 0 heterocycles. The fourth-order valence-electron chi connectivity index (χ4n) is 1.66. The van der Waals surface area contributed by atoms with Gasteiger partial charge >= 0.3 is 0 Å². The molecule has 0 aromatic heterocycles. The van der Waals surface area contributed by atoms with Gasteiger partial charge in [-0.25, -0.2) is 0 Å². The topological polar surface area (TPSA) is 20.2 Å². The number of rotatable bonds is 12. The van der Waals surface area contributed by atoms with Crippen LogP contribution in [0.1, 0.15) is 64.7 Å². The van der Waals surface area contributed by atoms with E-state index in [1.807, 2.05) is 0 Å². The van der Waals surface area contributed by atoms with E-state index in [-0.39, 0.29) is 0 Å². The molecule has 0 spiro atoms. The molecule has 1 heteroatoms. The van der Waals surface area contributed by atoms with Crippen molar-refractivity contribution < 1.29 is 5.11 Å². The highest BCUT2D eigenvalue weighted by molar-refractivity contribution is 4.97. The number of aliphatic hydroxyl groups is 1. The number of unbranched alkanes of at least 4 members (excludes halogenated alkanes) is 5. The second-order valence-corrected chi connectivity index (χ2v) is 4.60. The number of hydrogen-bond acceptors (Lipinski definition) is 1. The first-order chi connectivity index (χ1) is 8.91. The third kappa shape index (κ3) is 15.2. The number of allylic oxidation sites excluding steroid dienone is 6. The van der Waals surface area contributed by atoms with Gasteiger partial charge in [0.1, 0.15) is 0 Å². The van der Waals surface area contributed by atoms with Crippen molar-refractivity contribution in [3.63, 3.8) is 0 Å². The van der Waals surface area contributed by atoms with Gasteiger partial charge in [0.05, 0.1) is 0 Å². The van der Waals surface area contributed by atoms with Crippen LogP contribution in [0.3, 0.4) is 0 Å². The number of aliphatic hydroxyl groups excluding tert-OH is 1. The van der Waals surface area contributed by atoms with E-state index in [1.54, 1.807) is 0 Å². The monoisotopic (exact) mass is 250 g/mol. The van der Waals surface area contributed by atoms with Gasteiger partial charge in [-0.05, 0) is 44.9 Å². The molecule has 0 fully saturated rings. The SMILES string of the molecule is CCCCC/C=C/C/C=C/C/C=C/CCCCO. The van der Waals surface area contributed by atoms with Gasteiger partial charge in [0.25, 0.3) is 0 Å². The summed E-state index contributed by atoms with van der Waals surface area (Å²) in [6.07, 6.45) is 23.8. The van der Waals surface area contributed by atoms with Crippen LogP contribution in [0.4, 0.5) is 0 Å². The Morgan fingerprint density at radius 3 is 1.67 bits per heavy atom. The fraction of sp³-hybridized carbons (Fsp3) is 0.647.